The van der Waals surface area contributed by atoms with Crippen LogP contribution in [0.15, 0.2) is 5.11 Å². The van der Waals surface area contributed by atoms with Crippen molar-refractivity contribution in [2.45, 2.75) is 31.7 Å². The van der Waals surface area contributed by atoms with Crippen LogP contribution in [-0.4, -0.2) is 6.04 Å². The normalized spacial score (nSPS) is 27.5. The van der Waals surface area contributed by atoms with Crippen molar-refractivity contribution in [2.24, 2.45) is 5.11 Å². The fourth-order valence-corrected chi connectivity index (χ4v) is 1.16. The van der Waals surface area contributed by atoms with Crippen molar-refractivity contribution < 1.29 is 4.39 Å². The molecule has 0 amide bonds. The van der Waals surface area contributed by atoms with Crippen LogP contribution in [-0.2, 0) is 0 Å². The summed E-state index contributed by atoms with van der Waals surface area (Å²) in [5.41, 5.74) is 8.03. The van der Waals surface area contributed by atoms with Crippen LogP contribution in [0.5, 0.6) is 0 Å². The lowest BCUT2D eigenvalue weighted by Gasteiger charge is -2.18. The molecule has 1 fully saturated rings. The zero-order chi connectivity index (χ0) is 7.40. The van der Waals surface area contributed by atoms with Gasteiger partial charge in [0, 0.05) is 11.0 Å². The molecule has 1 radical (unpaired) electrons. The first kappa shape index (κ1) is 7.35. The van der Waals surface area contributed by atoms with Crippen molar-refractivity contribution in [3.63, 3.8) is 0 Å². The van der Waals surface area contributed by atoms with Crippen molar-refractivity contribution in [2.75, 3.05) is 0 Å². The van der Waals surface area contributed by atoms with Crippen LogP contribution in [0, 0.1) is 6.17 Å². The average molecular weight is 142 g/mol. The van der Waals surface area contributed by atoms with Gasteiger partial charge >= 0.3 is 0 Å². The summed E-state index contributed by atoms with van der Waals surface area (Å²) in [4.78, 5) is 2.64. The Morgan fingerprint density at radius 1 is 1.70 bits per heavy atom. The maximum atomic E-state index is 12.5. The van der Waals surface area contributed by atoms with Gasteiger partial charge in [0.05, 0.1) is 0 Å². The van der Waals surface area contributed by atoms with E-state index in [0.717, 1.165) is 12.8 Å². The summed E-state index contributed by atoms with van der Waals surface area (Å²) in [7, 11) is 0. The average Bonchev–Trinajstić information content (AvgIpc) is 1.88. The summed E-state index contributed by atoms with van der Waals surface area (Å²) in [6.07, 6.45) is 2.51. The topological polar surface area (TPSA) is 48.8 Å². The summed E-state index contributed by atoms with van der Waals surface area (Å²) < 4.78 is 12.5. The highest BCUT2D eigenvalue weighted by molar-refractivity contribution is 4.88. The first-order valence-electron chi connectivity index (χ1n) is 3.37. The standard InChI is InChI=1S/C6H9FN3/c7-5-2-1-3-6(4-5)9-10-8/h6H,1-4H2. The Bertz CT molecular complexity index is 153. The number of hydrogen-bond donors (Lipinski definition) is 0. The Morgan fingerprint density at radius 2 is 2.50 bits per heavy atom. The third kappa shape index (κ3) is 1.88. The van der Waals surface area contributed by atoms with Crippen LogP contribution in [0.3, 0.4) is 0 Å². The molecule has 0 N–H and O–H groups in total. The largest absolute Gasteiger partial charge is 0.240 e. The van der Waals surface area contributed by atoms with Crippen LogP contribution >= 0.6 is 0 Å². The van der Waals surface area contributed by atoms with Gasteiger partial charge in [-0.05, 0) is 31.2 Å². The summed E-state index contributed by atoms with van der Waals surface area (Å²) in [5, 5.41) is 3.45. The molecule has 0 bridgehead atoms. The third-order valence-electron chi connectivity index (χ3n) is 1.66. The quantitative estimate of drug-likeness (QED) is 0.307. The van der Waals surface area contributed by atoms with E-state index in [4.69, 9.17) is 5.53 Å². The Hall–Kier alpha value is -0.760. The Kier molecular flexibility index (Phi) is 2.51. The Labute approximate surface area is 58.9 Å². The van der Waals surface area contributed by atoms with Crippen molar-refractivity contribution in [1.29, 1.82) is 0 Å². The van der Waals surface area contributed by atoms with Gasteiger partial charge in [0.1, 0.15) is 6.17 Å². The molecular formula is C6H9FN3. The van der Waals surface area contributed by atoms with Gasteiger partial charge in [-0.1, -0.05) is 5.11 Å². The number of rotatable bonds is 1. The number of hydrogen-bond acceptors (Lipinski definition) is 1. The van der Waals surface area contributed by atoms with E-state index in [1.165, 1.54) is 0 Å². The van der Waals surface area contributed by atoms with Crippen LogP contribution < -0.4 is 0 Å². The first-order valence-corrected chi connectivity index (χ1v) is 3.37. The molecule has 0 aromatic rings. The summed E-state index contributed by atoms with van der Waals surface area (Å²) in [6.45, 7) is 0. The molecule has 10 heavy (non-hydrogen) atoms. The second-order valence-electron chi connectivity index (χ2n) is 2.47. The molecule has 1 rings (SSSR count). The molecule has 0 saturated heterocycles. The fourth-order valence-electron chi connectivity index (χ4n) is 1.16. The molecule has 1 aliphatic rings. The lowest BCUT2D eigenvalue weighted by molar-refractivity contribution is 0.338. The Balaban J connectivity index is 2.39. The zero-order valence-corrected chi connectivity index (χ0v) is 5.63. The predicted octanol–water partition coefficient (Wildman–Crippen LogP) is 2.74. The van der Waals surface area contributed by atoms with E-state index in [-0.39, 0.29) is 12.2 Å². The monoisotopic (exact) mass is 142 g/mol. The van der Waals surface area contributed by atoms with Gasteiger partial charge in [0.15, 0.2) is 0 Å². The molecular weight excluding hydrogens is 133 g/mol. The van der Waals surface area contributed by atoms with Crippen LogP contribution in [0.4, 0.5) is 4.39 Å². The molecule has 1 saturated carbocycles. The van der Waals surface area contributed by atoms with Gasteiger partial charge in [-0.2, -0.15) is 0 Å². The van der Waals surface area contributed by atoms with E-state index < -0.39 is 0 Å². The van der Waals surface area contributed by atoms with Gasteiger partial charge < -0.3 is 0 Å². The molecule has 1 aliphatic carbocycles. The second kappa shape index (κ2) is 3.42. The van der Waals surface area contributed by atoms with Crippen LogP contribution in [0.25, 0.3) is 10.4 Å². The zero-order valence-electron chi connectivity index (χ0n) is 5.63. The summed E-state index contributed by atoms with van der Waals surface area (Å²) in [5.74, 6) is 0. The molecule has 3 nitrogen and oxygen atoms in total. The third-order valence-corrected chi connectivity index (χ3v) is 1.66. The van der Waals surface area contributed by atoms with E-state index >= 15 is 0 Å². The van der Waals surface area contributed by atoms with Gasteiger partial charge in [-0.25, -0.2) is 4.39 Å². The highest BCUT2D eigenvalue weighted by Gasteiger charge is 2.20. The molecule has 0 aromatic carbocycles. The van der Waals surface area contributed by atoms with Gasteiger partial charge in [-0.15, -0.1) is 0 Å². The fraction of sp³-hybridized carbons (Fsp3) is 0.833. The van der Waals surface area contributed by atoms with Crippen molar-refractivity contribution in [3.8, 4) is 0 Å². The first-order chi connectivity index (χ1) is 4.83. The lowest BCUT2D eigenvalue weighted by atomic mass is 9.95. The van der Waals surface area contributed by atoms with Crippen LogP contribution in [0.2, 0.25) is 0 Å². The molecule has 1 unspecified atom stereocenters. The molecule has 55 valence electrons. The maximum absolute atomic E-state index is 12.5. The van der Waals surface area contributed by atoms with Crippen molar-refractivity contribution >= 4 is 0 Å². The molecule has 1 atom stereocenters. The van der Waals surface area contributed by atoms with Crippen molar-refractivity contribution in [1.82, 2.24) is 0 Å². The van der Waals surface area contributed by atoms with Crippen molar-refractivity contribution in [3.05, 3.63) is 16.6 Å². The molecule has 4 heteroatoms. The second-order valence-corrected chi connectivity index (χ2v) is 2.47. The lowest BCUT2D eigenvalue weighted by Crippen LogP contribution is -2.13. The summed E-state index contributed by atoms with van der Waals surface area (Å²) in [6, 6.07) is -0.126. The van der Waals surface area contributed by atoms with E-state index in [0.29, 0.717) is 12.8 Å². The molecule has 0 spiro atoms. The molecule has 0 aromatic heterocycles. The molecule has 0 aliphatic heterocycles. The van der Waals surface area contributed by atoms with Gasteiger partial charge in [-0.3, -0.25) is 0 Å². The van der Waals surface area contributed by atoms with E-state index in [2.05, 4.69) is 10.0 Å². The minimum Gasteiger partial charge on any atom is -0.240 e. The highest BCUT2D eigenvalue weighted by atomic mass is 19.1. The van der Waals surface area contributed by atoms with Gasteiger partial charge in [0.25, 0.3) is 0 Å². The maximum Gasteiger partial charge on any atom is 0.145 e. The molecule has 0 heterocycles. The van der Waals surface area contributed by atoms with E-state index in [1.54, 1.807) is 0 Å². The predicted molar refractivity (Wildman–Crippen MR) is 35.8 cm³/mol. The smallest absolute Gasteiger partial charge is 0.145 e. The minimum absolute atomic E-state index is 0.0244. The van der Waals surface area contributed by atoms with E-state index in [9.17, 15) is 4.39 Å². The summed E-state index contributed by atoms with van der Waals surface area (Å²) >= 11 is 0. The van der Waals surface area contributed by atoms with Crippen LogP contribution in [0.1, 0.15) is 25.7 Å². The van der Waals surface area contributed by atoms with E-state index in [1.807, 2.05) is 0 Å². The van der Waals surface area contributed by atoms with Gasteiger partial charge in [0.2, 0.25) is 0 Å². The number of halogens is 1. The SMILES string of the molecule is [N-]=[N+]=NC1CCC[C](F)C1. The highest BCUT2D eigenvalue weighted by Crippen LogP contribution is 2.28. The number of nitrogens with zero attached hydrogens (tertiary/aromatic N) is 3. The number of azide groups is 1. The Morgan fingerprint density at radius 3 is 3.10 bits per heavy atom. The minimum atomic E-state index is -0.126.